The van der Waals surface area contributed by atoms with E-state index < -0.39 is 17.0 Å². The lowest BCUT2D eigenvalue weighted by Gasteiger charge is -2.13. The van der Waals surface area contributed by atoms with Crippen molar-refractivity contribution in [2.75, 3.05) is 12.3 Å². The van der Waals surface area contributed by atoms with Gasteiger partial charge in [0.1, 0.15) is 0 Å². The van der Waals surface area contributed by atoms with Crippen LogP contribution in [0.25, 0.3) is 0 Å². The molecule has 0 fully saturated rings. The first-order valence-electron chi connectivity index (χ1n) is 8.34. The number of carbonyl (C=O) groups excluding carboxylic acids is 2. The summed E-state index contributed by atoms with van der Waals surface area (Å²) < 4.78 is 5.12. The lowest BCUT2D eigenvalue weighted by Crippen LogP contribution is -2.37. The number of ether oxygens (including phenoxy) is 1. The highest BCUT2D eigenvalue weighted by Gasteiger charge is 2.17. The van der Waals surface area contributed by atoms with Crippen LogP contribution in [0.4, 0.5) is 5.69 Å². The standard InChI is InChI=1S/C19H20N2O5S/c1-14(19(23)20-12-11-15-5-3-2-4-6-15)26-18(22)13-27-17-9-7-16(8-10-17)21(24)25/h2-10,14H,11-13H2,1H3,(H,20,23)/t14-/m0/s1. The summed E-state index contributed by atoms with van der Waals surface area (Å²) in [6.07, 6.45) is -0.186. The van der Waals surface area contributed by atoms with Gasteiger partial charge in [-0.2, -0.15) is 0 Å². The second-order valence-corrected chi connectivity index (χ2v) is 6.75. The lowest BCUT2D eigenvalue weighted by atomic mass is 10.1. The van der Waals surface area contributed by atoms with Gasteiger partial charge in [0, 0.05) is 23.6 Å². The lowest BCUT2D eigenvalue weighted by molar-refractivity contribution is -0.384. The molecule has 2 aromatic rings. The van der Waals surface area contributed by atoms with Crippen LogP contribution in [0.5, 0.6) is 0 Å². The monoisotopic (exact) mass is 388 g/mol. The Morgan fingerprint density at radius 1 is 1.15 bits per heavy atom. The zero-order valence-electron chi connectivity index (χ0n) is 14.8. The molecule has 0 saturated carbocycles. The quantitative estimate of drug-likeness (QED) is 0.307. The molecule has 0 aliphatic carbocycles. The third-order valence-corrected chi connectivity index (χ3v) is 4.62. The van der Waals surface area contributed by atoms with Gasteiger partial charge in [-0.05, 0) is 31.0 Å². The molecule has 7 nitrogen and oxygen atoms in total. The minimum absolute atomic E-state index is 0.0114. The van der Waals surface area contributed by atoms with Crippen molar-refractivity contribution in [3.8, 4) is 0 Å². The summed E-state index contributed by atoms with van der Waals surface area (Å²) >= 11 is 1.19. The molecule has 0 unspecified atom stereocenters. The molecule has 0 aliphatic heterocycles. The molecule has 0 saturated heterocycles. The third kappa shape index (κ3) is 7.10. The van der Waals surface area contributed by atoms with Gasteiger partial charge in [-0.1, -0.05) is 30.3 Å². The fourth-order valence-electron chi connectivity index (χ4n) is 2.21. The Bertz CT molecular complexity index is 780. The minimum atomic E-state index is -0.884. The predicted octanol–water partition coefficient (Wildman–Crippen LogP) is 2.98. The highest BCUT2D eigenvalue weighted by atomic mass is 32.2. The van der Waals surface area contributed by atoms with Crippen molar-refractivity contribution in [2.45, 2.75) is 24.3 Å². The molecule has 1 atom stereocenters. The zero-order valence-corrected chi connectivity index (χ0v) is 15.6. The van der Waals surface area contributed by atoms with Crippen molar-refractivity contribution in [3.05, 3.63) is 70.3 Å². The summed E-state index contributed by atoms with van der Waals surface area (Å²) in [5.74, 6) is -0.858. The summed E-state index contributed by atoms with van der Waals surface area (Å²) in [5, 5.41) is 13.3. The van der Waals surface area contributed by atoms with E-state index in [-0.39, 0.29) is 17.3 Å². The smallest absolute Gasteiger partial charge is 0.317 e. The molecule has 0 spiro atoms. The van der Waals surface area contributed by atoms with E-state index in [1.54, 1.807) is 12.1 Å². The number of amides is 1. The first kappa shape index (κ1) is 20.4. The third-order valence-electron chi connectivity index (χ3n) is 3.64. The molecule has 2 aromatic carbocycles. The Balaban J connectivity index is 1.69. The topological polar surface area (TPSA) is 98.5 Å². The van der Waals surface area contributed by atoms with Gasteiger partial charge in [0.15, 0.2) is 6.10 Å². The van der Waals surface area contributed by atoms with Crippen LogP contribution in [-0.4, -0.2) is 35.2 Å². The first-order chi connectivity index (χ1) is 13.0. The summed E-state index contributed by atoms with van der Waals surface area (Å²) in [6, 6.07) is 15.6. The number of nitrogens with zero attached hydrogens (tertiary/aromatic N) is 1. The molecule has 0 aliphatic rings. The number of rotatable bonds is 9. The van der Waals surface area contributed by atoms with Crippen LogP contribution < -0.4 is 5.32 Å². The highest BCUT2D eigenvalue weighted by Crippen LogP contribution is 2.21. The number of esters is 1. The molecule has 27 heavy (non-hydrogen) atoms. The van der Waals surface area contributed by atoms with Crippen LogP contribution in [0.1, 0.15) is 12.5 Å². The van der Waals surface area contributed by atoms with Gasteiger partial charge in [0.2, 0.25) is 0 Å². The number of hydrogen-bond donors (Lipinski definition) is 1. The maximum absolute atomic E-state index is 12.0. The summed E-state index contributed by atoms with van der Waals surface area (Å²) in [6.45, 7) is 1.98. The Morgan fingerprint density at radius 3 is 2.44 bits per heavy atom. The second-order valence-electron chi connectivity index (χ2n) is 5.70. The van der Waals surface area contributed by atoms with E-state index in [1.165, 1.54) is 30.8 Å². The summed E-state index contributed by atoms with van der Waals surface area (Å²) in [4.78, 5) is 34.7. The molecular formula is C19H20N2O5S. The molecule has 1 amide bonds. The molecule has 0 heterocycles. The van der Waals surface area contributed by atoms with E-state index in [9.17, 15) is 19.7 Å². The van der Waals surface area contributed by atoms with Gasteiger partial charge in [-0.3, -0.25) is 19.7 Å². The SMILES string of the molecule is C[C@H](OC(=O)CSc1ccc([N+](=O)[O-])cc1)C(=O)NCCc1ccccc1. The van der Waals surface area contributed by atoms with E-state index in [0.717, 1.165) is 5.56 Å². The normalized spacial score (nSPS) is 11.4. The molecule has 2 rings (SSSR count). The zero-order chi connectivity index (χ0) is 19.6. The van der Waals surface area contributed by atoms with Crippen molar-refractivity contribution in [1.29, 1.82) is 0 Å². The number of benzene rings is 2. The van der Waals surface area contributed by atoms with Crippen LogP contribution in [-0.2, 0) is 20.7 Å². The van der Waals surface area contributed by atoms with Gasteiger partial charge in [0.05, 0.1) is 10.7 Å². The molecule has 0 radical (unpaired) electrons. The van der Waals surface area contributed by atoms with Gasteiger partial charge in [-0.25, -0.2) is 0 Å². The number of hydrogen-bond acceptors (Lipinski definition) is 6. The van der Waals surface area contributed by atoms with E-state index >= 15 is 0 Å². The Kier molecular flexibility index (Phi) is 7.81. The molecule has 142 valence electrons. The van der Waals surface area contributed by atoms with Crippen LogP contribution in [0.15, 0.2) is 59.5 Å². The Labute approximate surface area is 161 Å². The molecule has 0 aromatic heterocycles. The Morgan fingerprint density at radius 2 is 1.81 bits per heavy atom. The average molecular weight is 388 g/mol. The number of nitro benzene ring substituents is 1. The number of nitrogens with one attached hydrogen (secondary N) is 1. The van der Waals surface area contributed by atoms with Gasteiger partial charge in [-0.15, -0.1) is 11.8 Å². The van der Waals surface area contributed by atoms with E-state index in [4.69, 9.17) is 4.74 Å². The second kappa shape index (κ2) is 10.3. The summed E-state index contributed by atoms with van der Waals surface area (Å²) in [7, 11) is 0. The fourth-order valence-corrected chi connectivity index (χ4v) is 2.89. The van der Waals surface area contributed by atoms with Crippen LogP contribution in [0.3, 0.4) is 0 Å². The van der Waals surface area contributed by atoms with Gasteiger partial charge in [0.25, 0.3) is 11.6 Å². The predicted molar refractivity (Wildman–Crippen MR) is 103 cm³/mol. The number of thioether (sulfide) groups is 1. The first-order valence-corrected chi connectivity index (χ1v) is 9.32. The van der Waals surface area contributed by atoms with E-state index in [2.05, 4.69) is 5.32 Å². The summed E-state index contributed by atoms with van der Waals surface area (Å²) in [5.41, 5.74) is 1.10. The number of carbonyl (C=O) groups is 2. The molecular weight excluding hydrogens is 368 g/mol. The maximum Gasteiger partial charge on any atom is 0.317 e. The average Bonchev–Trinajstić information content (AvgIpc) is 2.67. The van der Waals surface area contributed by atoms with E-state index in [1.807, 2.05) is 30.3 Å². The molecule has 0 bridgehead atoms. The van der Waals surface area contributed by atoms with Crippen molar-refractivity contribution in [2.24, 2.45) is 0 Å². The number of nitro groups is 1. The van der Waals surface area contributed by atoms with Crippen molar-refractivity contribution >= 4 is 29.3 Å². The Hall–Kier alpha value is -2.87. The van der Waals surface area contributed by atoms with Crippen molar-refractivity contribution in [3.63, 3.8) is 0 Å². The number of non-ortho nitro benzene ring substituents is 1. The van der Waals surface area contributed by atoms with Gasteiger partial charge >= 0.3 is 5.97 Å². The largest absolute Gasteiger partial charge is 0.452 e. The molecule has 1 N–H and O–H groups in total. The molecule has 8 heteroatoms. The van der Waals surface area contributed by atoms with Crippen molar-refractivity contribution < 1.29 is 19.2 Å². The van der Waals surface area contributed by atoms with Crippen molar-refractivity contribution in [1.82, 2.24) is 5.32 Å². The fraction of sp³-hybridized carbons (Fsp3) is 0.263. The maximum atomic E-state index is 12.0. The minimum Gasteiger partial charge on any atom is -0.452 e. The van der Waals surface area contributed by atoms with Crippen LogP contribution >= 0.6 is 11.8 Å². The van der Waals surface area contributed by atoms with E-state index in [0.29, 0.717) is 17.9 Å². The van der Waals surface area contributed by atoms with Crippen LogP contribution in [0.2, 0.25) is 0 Å². The highest BCUT2D eigenvalue weighted by molar-refractivity contribution is 8.00. The van der Waals surface area contributed by atoms with Gasteiger partial charge < -0.3 is 10.1 Å². The van der Waals surface area contributed by atoms with Crippen LogP contribution in [0, 0.1) is 10.1 Å².